The van der Waals surface area contributed by atoms with Gasteiger partial charge in [0.15, 0.2) is 17.0 Å². The lowest BCUT2D eigenvalue weighted by atomic mass is 9.86. The van der Waals surface area contributed by atoms with Crippen LogP contribution in [0.1, 0.15) is 58.0 Å². The molecule has 5 aliphatic rings. The lowest BCUT2D eigenvalue weighted by molar-refractivity contribution is -0.136. The Morgan fingerprint density at radius 2 is 1.57 bits per heavy atom. The number of hydrogen-bond donors (Lipinski definition) is 3. The maximum Gasteiger partial charge on any atom is 0.262 e. The van der Waals surface area contributed by atoms with Crippen LogP contribution in [0.3, 0.4) is 0 Å². The third kappa shape index (κ3) is 6.87. The number of piperazine rings is 1. The molecular weight excluding hydrogens is 770 g/mol. The molecule has 0 unspecified atom stereocenters. The predicted octanol–water partition coefficient (Wildman–Crippen LogP) is 3.18. The number of nitrogens with zero attached hydrogens (tertiary/aromatic N) is 8. The van der Waals surface area contributed by atoms with E-state index in [0.717, 1.165) is 59.5 Å². The average molecular weight is 812 g/mol. The zero-order valence-corrected chi connectivity index (χ0v) is 32.6. The Labute approximate surface area is 343 Å². The minimum Gasteiger partial charge on any atom is -0.368 e. The number of piperidine rings is 1. The number of fused-ring (bicyclic) bond motifs is 2. The molecule has 306 valence electrons. The van der Waals surface area contributed by atoms with Crippen molar-refractivity contribution in [3.63, 3.8) is 0 Å². The van der Waals surface area contributed by atoms with Crippen molar-refractivity contribution < 1.29 is 28.4 Å². The van der Waals surface area contributed by atoms with E-state index in [0.29, 0.717) is 50.0 Å². The van der Waals surface area contributed by atoms with Gasteiger partial charge in [-0.2, -0.15) is 0 Å². The summed E-state index contributed by atoms with van der Waals surface area (Å²) < 4.78 is 17.5. The number of halogens is 1. The summed E-state index contributed by atoms with van der Waals surface area (Å²) in [5.74, 6) is -2.47. The van der Waals surface area contributed by atoms with Gasteiger partial charge in [-0.05, 0) is 61.2 Å². The topological polar surface area (TPSA) is 178 Å². The van der Waals surface area contributed by atoms with E-state index in [2.05, 4.69) is 57.4 Å². The van der Waals surface area contributed by atoms with Gasteiger partial charge in [0.2, 0.25) is 17.7 Å². The maximum absolute atomic E-state index is 15.5. The van der Waals surface area contributed by atoms with Crippen LogP contribution >= 0.6 is 0 Å². The minimum absolute atomic E-state index is 0.0161. The van der Waals surface area contributed by atoms with Crippen molar-refractivity contribution in [2.45, 2.75) is 56.3 Å². The van der Waals surface area contributed by atoms with Gasteiger partial charge in [0.1, 0.15) is 18.2 Å². The van der Waals surface area contributed by atoms with Crippen molar-refractivity contribution in [2.75, 3.05) is 54.4 Å². The molecule has 4 aliphatic heterocycles. The molecule has 6 heterocycles. The molecular formula is C43H42FN11O5. The molecule has 10 rings (SSSR count). The molecule has 1 atom stereocenters. The Bertz CT molecular complexity index is 2530. The van der Waals surface area contributed by atoms with E-state index in [1.165, 1.54) is 6.07 Å². The van der Waals surface area contributed by atoms with Crippen molar-refractivity contribution >= 4 is 63.6 Å². The molecule has 60 heavy (non-hydrogen) atoms. The van der Waals surface area contributed by atoms with E-state index in [1.54, 1.807) is 12.7 Å². The number of imidazole rings is 1. The Balaban J connectivity index is 0.705. The first-order valence-corrected chi connectivity index (χ1v) is 20.3. The summed E-state index contributed by atoms with van der Waals surface area (Å²) >= 11 is 0. The second-order valence-electron chi connectivity index (χ2n) is 16.1. The molecule has 3 N–H and O–H groups in total. The molecule has 17 heteroatoms. The number of hydrogen-bond acceptors (Lipinski definition) is 12. The molecule has 16 nitrogen and oxygen atoms in total. The molecule has 0 spiro atoms. The van der Waals surface area contributed by atoms with E-state index in [1.807, 2.05) is 47.4 Å². The number of nitrogens with one attached hydrogen (secondary N) is 3. The lowest BCUT2D eigenvalue weighted by Gasteiger charge is -2.49. The minimum atomic E-state index is -1.10. The first kappa shape index (κ1) is 37.5. The second-order valence-corrected chi connectivity index (χ2v) is 16.1. The summed E-state index contributed by atoms with van der Waals surface area (Å²) in [6.07, 6.45) is 5.39. The van der Waals surface area contributed by atoms with Gasteiger partial charge in [0, 0.05) is 75.2 Å². The Kier molecular flexibility index (Phi) is 9.46. The predicted molar refractivity (Wildman–Crippen MR) is 218 cm³/mol. The number of carbonyl (C=O) groups is 5. The van der Waals surface area contributed by atoms with Gasteiger partial charge in [-0.1, -0.05) is 30.3 Å². The van der Waals surface area contributed by atoms with Crippen LogP contribution in [0.25, 0.3) is 11.2 Å². The summed E-state index contributed by atoms with van der Waals surface area (Å²) in [5.41, 5.74) is 4.67. The van der Waals surface area contributed by atoms with Crippen LogP contribution in [-0.2, 0) is 20.8 Å². The number of amides is 5. The molecule has 1 saturated carbocycles. The Morgan fingerprint density at radius 1 is 0.833 bits per heavy atom. The number of carbonyl (C=O) groups excluding carboxylic acids is 5. The monoisotopic (exact) mass is 811 g/mol. The van der Waals surface area contributed by atoms with Crippen LogP contribution in [0.4, 0.5) is 27.3 Å². The van der Waals surface area contributed by atoms with Gasteiger partial charge in [0.05, 0.1) is 29.6 Å². The fourth-order valence-electron chi connectivity index (χ4n) is 9.04. The Hall–Kier alpha value is -6.75. The van der Waals surface area contributed by atoms with Crippen molar-refractivity contribution in [3.8, 4) is 0 Å². The van der Waals surface area contributed by atoms with Gasteiger partial charge < -0.3 is 25.0 Å². The highest BCUT2D eigenvalue weighted by atomic mass is 19.1. The van der Waals surface area contributed by atoms with Crippen molar-refractivity contribution in [2.24, 2.45) is 0 Å². The number of aromatic nitrogens is 4. The number of rotatable bonds is 10. The van der Waals surface area contributed by atoms with Crippen LogP contribution in [0.2, 0.25) is 0 Å². The fourth-order valence-corrected chi connectivity index (χ4v) is 9.04. The normalized spacial score (nSPS) is 22.1. The van der Waals surface area contributed by atoms with E-state index in [9.17, 15) is 24.0 Å². The summed E-state index contributed by atoms with van der Waals surface area (Å²) in [6, 6.07) is 20.0. The third-order valence-electron chi connectivity index (χ3n) is 12.5. The molecule has 3 aromatic carbocycles. The highest BCUT2D eigenvalue weighted by molar-refractivity contribution is 6.23. The smallest absolute Gasteiger partial charge is 0.262 e. The molecule has 5 aromatic rings. The van der Waals surface area contributed by atoms with Gasteiger partial charge in [0.25, 0.3) is 11.8 Å². The molecule has 0 bridgehead atoms. The highest BCUT2D eigenvalue weighted by Crippen LogP contribution is 2.37. The molecule has 3 saturated heterocycles. The molecule has 5 amide bonds. The molecule has 1 aliphatic carbocycles. The lowest BCUT2D eigenvalue weighted by Crippen LogP contribution is -2.63. The average Bonchev–Trinajstić information content (AvgIpc) is 3.74. The van der Waals surface area contributed by atoms with Gasteiger partial charge in [-0.15, -0.1) is 0 Å². The van der Waals surface area contributed by atoms with Crippen molar-refractivity contribution in [1.29, 1.82) is 0 Å². The summed E-state index contributed by atoms with van der Waals surface area (Å²) in [6.45, 7) is 4.24. The van der Waals surface area contributed by atoms with Gasteiger partial charge in [-0.25, -0.2) is 19.3 Å². The van der Waals surface area contributed by atoms with E-state index >= 15 is 4.39 Å². The van der Waals surface area contributed by atoms with E-state index < -0.39 is 35.5 Å². The zero-order valence-electron chi connectivity index (χ0n) is 32.6. The molecule has 2 aromatic heterocycles. The maximum atomic E-state index is 15.5. The zero-order chi connectivity index (χ0) is 41.1. The summed E-state index contributed by atoms with van der Waals surface area (Å²) in [4.78, 5) is 84.2. The first-order chi connectivity index (χ1) is 29.2. The van der Waals surface area contributed by atoms with Gasteiger partial charge >= 0.3 is 0 Å². The van der Waals surface area contributed by atoms with Gasteiger partial charge in [-0.3, -0.25) is 39.1 Å². The SMILES string of the molecule is O=C1CC[C@H](N2C(=O)c3cc(F)c(N4CCN(C5CN(c6ccc(Nc7ncnc8c7ncn8C7CC(NC(=O)Cc8ccccc8)C7)cc6)C5)CC4)cc3C2=O)C(=O)N1. The van der Waals surface area contributed by atoms with Crippen molar-refractivity contribution in [1.82, 2.24) is 40.0 Å². The Morgan fingerprint density at radius 3 is 2.30 bits per heavy atom. The quantitative estimate of drug-likeness (QED) is 0.176. The largest absolute Gasteiger partial charge is 0.368 e. The highest BCUT2D eigenvalue weighted by Gasteiger charge is 2.45. The van der Waals surface area contributed by atoms with Crippen LogP contribution in [0.5, 0.6) is 0 Å². The van der Waals surface area contributed by atoms with Crippen molar-refractivity contribution in [3.05, 3.63) is 102 Å². The fraction of sp³-hybridized carbons (Fsp3) is 0.349. The molecule has 4 fully saturated rings. The van der Waals surface area contributed by atoms with Crippen LogP contribution in [0.15, 0.2) is 79.4 Å². The third-order valence-corrected chi connectivity index (χ3v) is 12.5. The number of anilines is 4. The van der Waals surface area contributed by atoms with Crippen LogP contribution < -0.4 is 25.8 Å². The van der Waals surface area contributed by atoms with Crippen LogP contribution in [-0.4, -0.2) is 116 Å². The number of benzene rings is 3. The first-order valence-electron chi connectivity index (χ1n) is 20.3. The summed E-state index contributed by atoms with van der Waals surface area (Å²) in [5, 5.41) is 8.74. The van der Waals surface area contributed by atoms with E-state index in [4.69, 9.17) is 0 Å². The summed E-state index contributed by atoms with van der Waals surface area (Å²) in [7, 11) is 0. The van der Waals surface area contributed by atoms with Crippen LogP contribution in [0, 0.1) is 5.82 Å². The van der Waals surface area contributed by atoms with E-state index in [-0.39, 0.29) is 47.6 Å². The molecule has 0 radical (unpaired) electrons. The number of imide groups is 2. The standard InChI is InChI=1S/C43H42FN11O5/c44-33-19-31-32(43(60)55(42(31)59)34-10-11-36(56)50-41(34)58)20-35(33)52-14-12-51(13-15-52)30-21-53(22-30)28-8-6-26(7-9-28)49-39-38-40(46-23-45-39)54(24-47-38)29-17-27(18-29)48-37(57)16-25-4-2-1-3-5-25/h1-9,19-20,23-24,27,29-30,34H,10-18,21-22H2,(H,48,57)(H,45,46,49)(H,50,56,58)/t27?,29?,34-/m0/s1. The second kappa shape index (κ2) is 15.1.